The number of rotatable bonds is 5. The number of aliphatic hydroxyl groups excluding tert-OH is 1. The number of amides is 1. The molecule has 1 saturated carbocycles. The van der Waals surface area contributed by atoms with Crippen LogP contribution >= 0.6 is 12.4 Å². The largest absolute Gasteiger partial charge is 0.396 e. The quantitative estimate of drug-likeness (QED) is 0.707. The van der Waals surface area contributed by atoms with Crippen LogP contribution in [0.5, 0.6) is 0 Å². The Kier molecular flexibility index (Phi) is 6.72. The normalized spacial score (nSPS) is 23.9. The van der Waals surface area contributed by atoms with Gasteiger partial charge in [0.25, 0.3) is 0 Å². The van der Waals surface area contributed by atoms with E-state index in [1.165, 1.54) is 12.8 Å². The van der Waals surface area contributed by atoms with E-state index in [4.69, 9.17) is 10.5 Å². The van der Waals surface area contributed by atoms with E-state index in [9.17, 15) is 9.90 Å². The van der Waals surface area contributed by atoms with Crippen LogP contribution in [0.2, 0.25) is 0 Å². The molecule has 0 aromatic rings. The third-order valence-electron chi connectivity index (χ3n) is 4.77. The van der Waals surface area contributed by atoms with Crippen LogP contribution in [-0.2, 0) is 9.53 Å². The minimum Gasteiger partial charge on any atom is -0.396 e. The molecule has 1 amide bonds. The Morgan fingerprint density at radius 3 is 2.35 bits per heavy atom. The van der Waals surface area contributed by atoms with Crippen LogP contribution in [0.1, 0.15) is 44.9 Å². The van der Waals surface area contributed by atoms with Crippen LogP contribution < -0.4 is 11.1 Å². The summed E-state index contributed by atoms with van der Waals surface area (Å²) in [5.41, 5.74) is 5.49. The summed E-state index contributed by atoms with van der Waals surface area (Å²) in [6.45, 7) is 1.96. The number of hydrogen-bond acceptors (Lipinski definition) is 4. The van der Waals surface area contributed by atoms with Crippen molar-refractivity contribution in [3.8, 4) is 0 Å². The molecule has 1 aliphatic heterocycles. The molecule has 0 unspecified atom stereocenters. The molecule has 0 atom stereocenters. The summed E-state index contributed by atoms with van der Waals surface area (Å²) in [5, 5.41) is 12.2. The molecule has 0 spiro atoms. The Balaban J connectivity index is 0.00000200. The van der Waals surface area contributed by atoms with Gasteiger partial charge in [-0.2, -0.15) is 0 Å². The monoisotopic (exact) mass is 306 g/mol. The molecular formula is C14H27ClN2O3. The maximum Gasteiger partial charge on any atom is 0.240 e. The Morgan fingerprint density at radius 2 is 1.80 bits per heavy atom. The zero-order chi connectivity index (χ0) is 13.8. The molecule has 2 fully saturated rings. The first-order valence-corrected chi connectivity index (χ1v) is 7.36. The Bertz CT molecular complexity index is 314. The molecule has 118 valence electrons. The molecule has 2 rings (SSSR count). The first-order valence-electron chi connectivity index (χ1n) is 7.36. The van der Waals surface area contributed by atoms with Crippen molar-refractivity contribution in [3.05, 3.63) is 0 Å². The second kappa shape index (κ2) is 7.59. The van der Waals surface area contributed by atoms with E-state index in [0.717, 1.165) is 19.3 Å². The highest BCUT2D eigenvalue weighted by atomic mass is 35.5. The maximum atomic E-state index is 12.3. The molecule has 0 aromatic carbocycles. The number of hydrogen-bond donors (Lipinski definition) is 3. The fraction of sp³-hybridized carbons (Fsp3) is 0.929. The van der Waals surface area contributed by atoms with Gasteiger partial charge in [-0.3, -0.25) is 4.79 Å². The van der Waals surface area contributed by atoms with Gasteiger partial charge in [0, 0.05) is 26.4 Å². The second-order valence-corrected chi connectivity index (χ2v) is 6.13. The van der Waals surface area contributed by atoms with Gasteiger partial charge < -0.3 is 20.9 Å². The molecule has 0 radical (unpaired) electrons. The predicted molar refractivity (Wildman–Crippen MR) is 79.8 cm³/mol. The predicted octanol–water partition coefficient (Wildman–Crippen LogP) is 0.975. The average Bonchev–Trinajstić information content (AvgIpc) is 2.86. The second-order valence-electron chi connectivity index (χ2n) is 6.13. The summed E-state index contributed by atoms with van der Waals surface area (Å²) in [7, 11) is 0. The summed E-state index contributed by atoms with van der Waals surface area (Å²) in [6, 6.07) is 0. The zero-order valence-corrected chi connectivity index (χ0v) is 12.8. The van der Waals surface area contributed by atoms with Gasteiger partial charge in [0.15, 0.2) is 0 Å². The fourth-order valence-electron chi connectivity index (χ4n) is 3.28. The van der Waals surface area contributed by atoms with Crippen LogP contribution in [0, 0.1) is 5.41 Å². The van der Waals surface area contributed by atoms with E-state index in [2.05, 4.69) is 5.32 Å². The fourth-order valence-corrected chi connectivity index (χ4v) is 3.28. The van der Waals surface area contributed by atoms with Gasteiger partial charge in [-0.1, -0.05) is 12.8 Å². The summed E-state index contributed by atoms with van der Waals surface area (Å²) >= 11 is 0. The minimum atomic E-state index is -0.767. The van der Waals surface area contributed by atoms with E-state index < -0.39 is 5.54 Å². The van der Waals surface area contributed by atoms with Crippen LogP contribution in [0.25, 0.3) is 0 Å². The minimum absolute atomic E-state index is 0. The van der Waals surface area contributed by atoms with Gasteiger partial charge in [0.05, 0.1) is 5.54 Å². The van der Waals surface area contributed by atoms with Crippen molar-refractivity contribution in [2.45, 2.75) is 50.5 Å². The highest BCUT2D eigenvalue weighted by molar-refractivity contribution is 5.86. The van der Waals surface area contributed by atoms with Crippen LogP contribution in [0.4, 0.5) is 0 Å². The number of carbonyl (C=O) groups excluding carboxylic acids is 1. The lowest BCUT2D eigenvalue weighted by molar-refractivity contribution is -0.130. The topological polar surface area (TPSA) is 84.6 Å². The third-order valence-corrected chi connectivity index (χ3v) is 4.77. The molecule has 2 aliphatic rings. The van der Waals surface area contributed by atoms with Crippen LogP contribution in [0.15, 0.2) is 0 Å². The molecule has 4 N–H and O–H groups in total. The molecule has 6 heteroatoms. The Morgan fingerprint density at radius 1 is 1.20 bits per heavy atom. The van der Waals surface area contributed by atoms with E-state index in [-0.39, 0.29) is 30.3 Å². The van der Waals surface area contributed by atoms with Crippen molar-refractivity contribution in [2.75, 3.05) is 26.4 Å². The van der Waals surface area contributed by atoms with Crippen LogP contribution in [-0.4, -0.2) is 42.9 Å². The van der Waals surface area contributed by atoms with Crippen molar-refractivity contribution in [1.29, 1.82) is 0 Å². The number of aliphatic hydroxyl groups is 1. The zero-order valence-electron chi connectivity index (χ0n) is 12.0. The number of nitrogens with one attached hydrogen (secondary N) is 1. The average molecular weight is 307 g/mol. The molecule has 0 bridgehead atoms. The van der Waals surface area contributed by atoms with Crippen molar-refractivity contribution in [1.82, 2.24) is 5.32 Å². The van der Waals surface area contributed by atoms with E-state index >= 15 is 0 Å². The lowest BCUT2D eigenvalue weighted by Gasteiger charge is -2.34. The summed E-state index contributed by atoms with van der Waals surface area (Å²) in [5.74, 6) is -0.0555. The lowest BCUT2D eigenvalue weighted by Crippen LogP contribution is -2.58. The first-order chi connectivity index (χ1) is 9.10. The summed E-state index contributed by atoms with van der Waals surface area (Å²) < 4.78 is 5.26. The van der Waals surface area contributed by atoms with Crippen molar-refractivity contribution >= 4 is 18.3 Å². The smallest absolute Gasteiger partial charge is 0.240 e. The van der Waals surface area contributed by atoms with Gasteiger partial charge in [-0.05, 0) is 37.5 Å². The molecule has 1 aliphatic carbocycles. The van der Waals surface area contributed by atoms with Gasteiger partial charge in [0.2, 0.25) is 5.91 Å². The highest BCUT2D eigenvalue weighted by Crippen LogP contribution is 2.40. The van der Waals surface area contributed by atoms with Crippen molar-refractivity contribution < 1.29 is 14.6 Å². The van der Waals surface area contributed by atoms with Gasteiger partial charge in [-0.25, -0.2) is 0 Å². The highest BCUT2D eigenvalue weighted by Gasteiger charge is 2.38. The van der Waals surface area contributed by atoms with E-state index in [1.807, 2.05) is 0 Å². The number of halogens is 1. The number of carbonyl (C=O) groups is 1. The first kappa shape index (κ1) is 17.7. The van der Waals surface area contributed by atoms with Crippen molar-refractivity contribution in [2.24, 2.45) is 11.1 Å². The molecule has 0 aromatic heterocycles. The van der Waals surface area contributed by atoms with E-state index in [0.29, 0.717) is 32.6 Å². The molecule has 20 heavy (non-hydrogen) atoms. The Labute approximate surface area is 127 Å². The van der Waals surface area contributed by atoms with Gasteiger partial charge in [0.1, 0.15) is 0 Å². The number of ether oxygens (including phenoxy) is 1. The summed E-state index contributed by atoms with van der Waals surface area (Å²) in [6.07, 6.45) is 6.52. The van der Waals surface area contributed by atoms with Gasteiger partial charge in [-0.15, -0.1) is 12.4 Å². The summed E-state index contributed by atoms with van der Waals surface area (Å²) in [4.78, 5) is 12.3. The van der Waals surface area contributed by atoms with E-state index in [1.54, 1.807) is 0 Å². The molecule has 1 saturated heterocycles. The SMILES string of the molecule is Cl.NC1(C(=O)NCC2(CCO)CCCC2)CCOCC1. The Hall–Kier alpha value is -0.360. The van der Waals surface area contributed by atoms with Crippen LogP contribution in [0.3, 0.4) is 0 Å². The number of nitrogens with two attached hydrogens (primary N) is 1. The third kappa shape index (κ3) is 4.07. The molecule has 5 nitrogen and oxygen atoms in total. The molecular weight excluding hydrogens is 280 g/mol. The standard InChI is InChI=1S/C14H26N2O3.ClH/c15-14(6-9-19-10-7-14)12(18)16-11-13(5-8-17)3-1-2-4-13;/h17H,1-11,15H2,(H,16,18);1H. The lowest BCUT2D eigenvalue weighted by atomic mass is 9.82. The van der Waals surface area contributed by atoms with Gasteiger partial charge >= 0.3 is 0 Å². The van der Waals surface area contributed by atoms with Crippen molar-refractivity contribution in [3.63, 3.8) is 0 Å². The maximum absolute atomic E-state index is 12.3. The molecule has 1 heterocycles.